The van der Waals surface area contributed by atoms with E-state index in [4.69, 9.17) is 4.74 Å². The fourth-order valence-electron chi connectivity index (χ4n) is 2.80. The Morgan fingerprint density at radius 3 is 3.05 bits per heavy atom. The van der Waals surface area contributed by atoms with Gasteiger partial charge in [0.05, 0.1) is 11.7 Å². The molecule has 1 aromatic heterocycles. The lowest BCUT2D eigenvalue weighted by molar-refractivity contribution is -0.0367. The molecule has 2 heterocycles. The fraction of sp³-hybridized carbons (Fsp3) is 0.471. The number of hydrogen-bond donors (Lipinski definition) is 0. The molecule has 3 nitrogen and oxygen atoms in total. The normalized spacial score (nSPS) is 18.8. The molecule has 1 unspecified atom stereocenters. The summed E-state index contributed by atoms with van der Waals surface area (Å²) in [6, 6.07) is 4.27. The van der Waals surface area contributed by atoms with Crippen LogP contribution in [0.4, 0.5) is 0 Å². The molecule has 0 saturated carbocycles. The Bertz CT molecular complexity index is 669. The van der Waals surface area contributed by atoms with Gasteiger partial charge in [-0.05, 0) is 43.9 Å². The van der Waals surface area contributed by atoms with Crippen molar-refractivity contribution >= 4 is 10.9 Å². The zero-order valence-corrected chi connectivity index (χ0v) is 12.1. The molecule has 3 heteroatoms. The van der Waals surface area contributed by atoms with Crippen molar-refractivity contribution in [2.24, 2.45) is 0 Å². The predicted octanol–water partition coefficient (Wildman–Crippen LogP) is 3.81. The van der Waals surface area contributed by atoms with Crippen LogP contribution in [-0.4, -0.2) is 16.4 Å². The summed E-state index contributed by atoms with van der Waals surface area (Å²) < 4.78 is 7.90. The van der Waals surface area contributed by atoms with Crippen LogP contribution >= 0.6 is 0 Å². The van der Waals surface area contributed by atoms with Crippen LogP contribution in [0.5, 0.6) is 0 Å². The number of ether oxygens (including phenoxy) is 1. The summed E-state index contributed by atoms with van der Waals surface area (Å²) in [5.74, 6) is 6.32. The van der Waals surface area contributed by atoms with Crippen molar-refractivity contribution in [1.29, 1.82) is 0 Å². The molecule has 0 N–H and O–H groups in total. The minimum Gasteiger partial charge on any atom is -0.356 e. The van der Waals surface area contributed by atoms with E-state index in [0.29, 0.717) is 0 Å². The number of rotatable bonds is 1. The highest BCUT2D eigenvalue weighted by molar-refractivity contribution is 5.83. The first-order valence-corrected chi connectivity index (χ1v) is 7.38. The molecule has 0 spiro atoms. The molecule has 1 aliphatic heterocycles. The van der Waals surface area contributed by atoms with Gasteiger partial charge in [0.15, 0.2) is 6.23 Å². The van der Waals surface area contributed by atoms with E-state index in [0.717, 1.165) is 36.8 Å². The van der Waals surface area contributed by atoms with E-state index in [1.54, 1.807) is 0 Å². The molecule has 0 radical (unpaired) electrons. The molecule has 1 aliphatic rings. The highest BCUT2D eigenvalue weighted by atomic mass is 16.5. The largest absolute Gasteiger partial charge is 0.356 e. The Hall–Kier alpha value is -1.79. The standard InChI is InChI=1S/C17H20N2O/c1-3-4-7-14-10-13(2)17-15(11-14)12-18-19(17)16-8-5-6-9-20-16/h10-12,16H,3,5-6,8-9H2,1-2H3. The summed E-state index contributed by atoms with van der Waals surface area (Å²) in [5, 5.41) is 5.70. The Morgan fingerprint density at radius 2 is 2.30 bits per heavy atom. The van der Waals surface area contributed by atoms with E-state index in [2.05, 4.69) is 42.9 Å². The van der Waals surface area contributed by atoms with Crippen LogP contribution < -0.4 is 0 Å². The summed E-state index contributed by atoms with van der Waals surface area (Å²) >= 11 is 0. The second kappa shape index (κ2) is 5.68. The quantitative estimate of drug-likeness (QED) is 0.735. The SMILES string of the molecule is CCC#Cc1cc(C)c2c(cnn2C2CCCCO2)c1. The van der Waals surface area contributed by atoms with Gasteiger partial charge >= 0.3 is 0 Å². The van der Waals surface area contributed by atoms with Crippen molar-refractivity contribution in [1.82, 2.24) is 9.78 Å². The van der Waals surface area contributed by atoms with Crippen LogP contribution in [0, 0.1) is 18.8 Å². The number of hydrogen-bond acceptors (Lipinski definition) is 2. The van der Waals surface area contributed by atoms with Gasteiger partial charge in [0.25, 0.3) is 0 Å². The summed E-state index contributed by atoms with van der Waals surface area (Å²) in [4.78, 5) is 0. The molecule has 0 aliphatic carbocycles. The van der Waals surface area contributed by atoms with Crippen molar-refractivity contribution in [2.45, 2.75) is 45.8 Å². The van der Waals surface area contributed by atoms with Crippen molar-refractivity contribution in [2.75, 3.05) is 6.61 Å². The Labute approximate surface area is 119 Å². The van der Waals surface area contributed by atoms with Gasteiger partial charge in [-0.3, -0.25) is 0 Å². The van der Waals surface area contributed by atoms with Gasteiger partial charge in [0.2, 0.25) is 0 Å². The molecular formula is C17H20N2O. The molecule has 20 heavy (non-hydrogen) atoms. The van der Waals surface area contributed by atoms with E-state index < -0.39 is 0 Å². The average Bonchev–Trinajstić information content (AvgIpc) is 2.90. The third kappa shape index (κ3) is 2.44. The maximum Gasteiger partial charge on any atom is 0.150 e. The first-order chi connectivity index (χ1) is 9.79. The van der Waals surface area contributed by atoms with Crippen LogP contribution in [0.1, 0.15) is 50.0 Å². The minimum atomic E-state index is 0.0903. The maximum atomic E-state index is 5.85. The van der Waals surface area contributed by atoms with Crippen LogP contribution in [0.3, 0.4) is 0 Å². The van der Waals surface area contributed by atoms with Gasteiger partial charge in [-0.1, -0.05) is 18.8 Å². The third-order valence-corrected chi connectivity index (χ3v) is 3.72. The first-order valence-electron chi connectivity index (χ1n) is 7.38. The van der Waals surface area contributed by atoms with Crippen molar-refractivity contribution < 1.29 is 4.74 Å². The third-order valence-electron chi connectivity index (χ3n) is 3.72. The van der Waals surface area contributed by atoms with E-state index in [9.17, 15) is 0 Å². The van der Waals surface area contributed by atoms with Gasteiger partial charge in [0.1, 0.15) is 0 Å². The predicted molar refractivity (Wildman–Crippen MR) is 80.5 cm³/mol. The lowest BCUT2D eigenvalue weighted by atomic mass is 10.1. The van der Waals surface area contributed by atoms with Crippen LogP contribution in [0.2, 0.25) is 0 Å². The molecule has 3 rings (SSSR count). The van der Waals surface area contributed by atoms with E-state index in [1.807, 2.05) is 10.9 Å². The zero-order chi connectivity index (χ0) is 13.9. The monoisotopic (exact) mass is 268 g/mol. The number of aryl methyl sites for hydroxylation is 1. The molecule has 1 atom stereocenters. The zero-order valence-electron chi connectivity index (χ0n) is 12.1. The minimum absolute atomic E-state index is 0.0903. The Morgan fingerprint density at radius 1 is 1.40 bits per heavy atom. The van der Waals surface area contributed by atoms with Crippen molar-refractivity contribution in [3.63, 3.8) is 0 Å². The van der Waals surface area contributed by atoms with Gasteiger partial charge in [-0.2, -0.15) is 5.10 Å². The van der Waals surface area contributed by atoms with Gasteiger partial charge < -0.3 is 4.74 Å². The summed E-state index contributed by atoms with van der Waals surface area (Å²) in [6.45, 7) is 5.03. The van der Waals surface area contributed by atoms with Gasteiger partial charge in [-0.15, -0.1) is 0 Å². The molecule has 0 bridgehead atoms. The topological polar surface area (TPSA) is 27.1 Å². The highest BCUT2D eigenvalue weighted by Gasteiger charge is 2.19. The number of aromatic nitrogens is 2. The smallest absolute Gasteiger partial charge is 0.150 e. The van der Waals surface area contributed by atoms with Gasteiger partial charge in [0, 0.05) is 24.0 Å². The summed E-state index contributed by atoms with van der Waals surface area (Å²) in [7, 11) is 0. The fourth-order valence-corrected chi connectivity index (χ4v) is 2.80. The molecule has 2 aromatic rings. The summed E-state index contributed by atoms with van der Waals surface area (Å²) in [5.41, 5.74) is 3.47. The Balaban J connectivity index is 2.03. The molecule has 1 fully saturated rings. The second-order valence-electron chi connectivity index (χ2n) is 5.30. The van der Waals surface area contributed by atoms with Crippen LogP contribution in [0.15, 0.2) is 18.3 Å². The molecule has 1 saturated heterocycles. The number of benzene rings is 1. The number of nitrogens with zero attached hydrogens (tertiary/aromatic N) is 2. The maximum absolute atomic E-state index is 5.85. The highest BCUT2D eigenvalue weighted by Crippen LogP contribution is 2.28. The summed E-state index contributed by atoms with van der Waals surface area (Å²) in [6.07, 6.45) is 6.32. The lowest BCUT2D eigenvalue weighted by Crippen LogP contribution is -2.19. The van der Waals surface area contributed by atoms with Crippen LogP contribution in [0.25, 0.3) is 10.9 Å². The Kier molecular flexibility index (Phi) is 3.75. The van der Waals surface area contributed by atoms with E-state index in [1.165, 1.54) is 17.5 Å². The second-order valence-corrected chi connectivity index (χ2v) is 5.30. The molecule has 104 valence electrons. The molecule has 0 amide bonds. The first kappa shape index (κ1) is 13.2. The molecule has 1 aromatic carbocycles. The van der Waals surface area contributed by atoms with Crippen molar-refractivity contribution in [3.05, 3.63) is 29.5 Å². The number of fused-ring (bicyclic) bond motifs is 1. The molecular weight excluding hydrogens is 248 g/mol. The van der Waals surface area contributed by atoms with Crippen molar-refractivity contribution in [3.8, 4) is 11.8 Å². The van der Waals surface area contributed by atoms with E-state index in [-0.39, 0.29) is 6.23 Å². The van der Waals surface area contributed by atoms with Crippen LogP contribution in [-0.2, 0) is 4.74 Å². The lowest BCUT2D eigenvalue weighted by Gasteiger charge is -2.23. The van der Waals surface area contributed by atoms with Gasteiger partial charge in [-0.25, -0.2) is 4.68 Å². The average molecular weight is 268 g/mol. The van der Waals surface area contributed by atoms with E-state index >= 15 is 0 Å².